The van der Waals surface area contributed by atoms with Crippen LogP contribution in [0.3, 0.4) is 0 Å². The van der Waals surface area contributed by atoms with Gasteiger partial charge in [0.1, 0.15) is 0 Å². The van der Waals surface area contributed by atoms with Gasteiger partial charge >= 0.3 is 0 Å². The third kappa shape index (κ3) is 4.28. The van der Waals surface area contributed by atoms with Crippen LogP contribution in [-0.4, -0.2) is 57.7 Å². The summed E-state index contributed by atoms with van der Waals surface area (Å²) in [6.45, 7) is 9.52. The molecule has 2 aromatic carbocycles. The number of amides is 1. The lowest BCUT2D eigenvalue weighted by atomic mass is 10.1. The molecule has 2 fully saturated rings. The van der Waals surface area contributed by atoms with Gasteiger partial charge in [-0.25, -0.2) is 8.42 Å². The molecule has 4 rings (SSSR count). The van der Waals surface area contributed by atoms with Crippen LogP contribution < -0.4 is 9.21 Å². The van der Waals surface area contributed by atoms with Crippen molar-refractivity contribution in [2.45, 2.75) is 33.6 Å². The summed E-state index contributed by atoms with van der Waals surface area (Å²) < 4.78 is 26.6. The van der Waals surface area contributed by atoms with Crippen LogP contribution in [0.2, 0.25) is 0 Å². The number of aryl methyl sites for hydroxylation is 2. The fraction of sp³-hybridized carbons (Fsp3) is 0.458. The number of nitrogens with zero attached hydrogens (tertiary/aromatic N) is 3. The summed E-state index contributed by atoms with van der Waals surface area (Å²) in [7, 11) is -3.31. The summed E-state index contributed by atoms with van der Waals surface area (Å²) in [4.78, 5) is 17.4. The van der Waals surface area contributed by atoms with Gasteiger partial charge in [0.2, 0.25) is 10.0 Å². The lowest BCUT2D eigenvalue weighted by Crippen LogP contribution is -2.49. The van der Waals surface area contributed by atoms with Gasteiger partial charge < -0.3 is 9.80 Å². The zero-order chi connectivity index (χ0) is 22.2. The Balaban J connectivity index is 1.50. The molecule has 0 atom stereocenters. The van der Waals surface area contributed by atoms with Crippen molar-refractivity contribution < 1.29 is 13.2 Å². The monoisotopic (exact) mass is 441 g/mol. The Labute approximate surface area is 185 Å². The largest absolute Gasteiger partial charge is 0.368 e. The zero-order valence-corrected chi connectivity index (χ0v) is 19.4. The van der Waals surface area contributed by atoms with Gasteiger partial charge in [-0.3, -0.25) is 9.10 Å². The molecule has 0 bridgehead atoms. The molecule has 2 aromatic rings. The lowest BCUT2D eigenvalue weighted by Gasteiger charge is -2.37. The summed E-state index contributed by atoms with van der Waals surface area (Å²) in [5, 5.41) is 0. The molecule has 1 amide bonds. The SMILES string of the molecule is Cc1ccc(C(=O)N2CCN(c3cccc(C)c3C)CC2)cc1N1CCCCS1(=O)=O. The highest BCUT2D eigenvalue weighted by atomic mass is 32.2. The first-order chi connectivity index (χ1) is 14.8. The third-order valence-electron chi connectivity index (χ3n) is 6.56. The smallest absolute Gasteiger partial charge is 0.254 e. The molecule has 0 unspecified atom stereocenters. The average Bonchev–Trinajstić information content (AvgIpc) is 2.76. The lowest BCUT2D eigenvalue weighted by molar-refractivity contribution is 0.0747. The Bertz CT molecular complexity index is 1090. The first-order valence-electron chi connectivity index (χ1n) is 11.0. The number of sulfonamides is 1. The predicted molar refractivity (Wildman–Crippen MR) is 126 cm³/mol. The highest BCUT2D eigenvalue weighted by Crippen LogP contribution is 2.29. The quantitative estimate of drug-likeness (QED) is 0.731. The van der Waals surface area contributed by atoms with E-state index < -0.39 is 10.0 Å². The van der Waals surface area contributed by atoms with Crippen molar-refractivity contribution in [3.8, 4) is 0 Å². The fourth-order valence-corrected chi connectivity index (χ4v) is 6.17. The molecular weight excluding hydrogens is 410 g/mol. The Morgan fingerprint density at radius 3 is 2.29 bits per heavy atom. The van der Waals surface area contributed by atoms with Crippen LogP contribution in [0.1, 0.15) is 39.9 Å². The van der Waals surface area contributed by atoms with Gasteiger partial charge in [0.25, 0.3) is 5.91 Å². The summed E-state index contributed by atoms with van der Waals surface area (Å²) >= 11 is 0. The van der Waals surface area contributed by atoms with Crippen molar-refractivity contribution >= 4 is 27.3 Å². The Morgan fingerprint density at radius 2 is 1.58 bits per heavy atom. The van der Waals surface area contributed by atoms with Crippen LogP contribution in [0.4, 0.5) is 11.4 Å². The van der Waals surface area contributed by atoms with Gasteiger partial charge in [-0.15, -0.1) is 0 Å². The molecule has 2 aliphatic rings. The van der Waals surface area contributed by atoms with E-state index in [1.54, 1.807) is 6.07 Å². The molecule has 6 nitrogen and oxygen atoms in total. The van der Waals surface area contributed by atoms with Crippen LogP contribution in [0.5, 0.6) is 0 Å². The summed E-state index contributed by atoms with van der Waals surface area (Å²) in [5.74, 6) is 0.140. The molecule has 31 heavy (non-hydrogen) atoms. The van der Waals surface area contributed by atoms with Crippen LogP contribution >= 0.6 is 0 Å². The number of rotatable bonds is 3. The molecule has 2 saturated heterocycles. The summed E-state index contributed by atoms with van der Waals surface area (Å²) in [6, 6.07) is 11.8. The number of benzene rings is 2. The molecule has 7 heteroatoms. The minimum absolute atomic E-state index is 0.0312. The van der Waals surface area contributed by atoms with Gasteiger partial charge in [-0.05, 0) is 68.5 Å². The molecule has 0 aromatic heterocycles. The van der Waals surface area contributed by atoms with Crippen molar-refractivity contribution in [3.05, 3.63) is 58.7 Å². The maximum atomic E-state index is 13.2. The molecule has 0 radical (unpaired) electrons. The number of carbonyl (C=O) groups excluding carboxylic acids is 1. The van der Waals surface area contributed by atoms with Gasteiger partial charge in [0.15, 0.2) is 0 Å². The fourth-order valence-electron chi connectivity index (χ4n) is 4.48. The molecule has 0 N–H and O–H groups in total. The highest BCUT2D eigenvalue weighted by Gasteiger charge is 2.29. The summed E-state index contributed by atoms with van der Waals surface area (Å²) in [6.07, 6.45) is 1.54. The molecule has 0 spiro atoms. The number of piperazine rings is 1. The minimum Gasteiger partial charge on any atom is -0.368 e. The van der Waals surface area contributed by atoms with Crippen LogP contribution in [0.15, 0.2) is 36.4 Å². The van der Waals surface area contributed by atoms with Gasteiger partial charge in [0.05, 0.1) is 11.4 Å². The van der Waals surface area contributed by atoms with Crippen LogP contribution in [-0.2, 0) is 10.0 Å². The average molecular weight is 442 g/mol. The van der Waals surface area contributed by atoms with E-state index in [9.17, 15) is 13.2 Å². The first-order valence-corrected chi connectivity index (χ1v) is 12.6. The van der Waals surface area contributed by atoms with E-state index in [0.29, 0.717) is 37.3 Å². The molecule has 2 aliphatic heterocycles. The number of carbonyl (C=O) groups is 1. The molecule has 0 saturated carbocycles. The second kappa shape index (κ2) is 8.54. The van der Waals surface area contributed by atoms with Crippen molar-refractivity contribution in [1.29, 1.82) is 0 Å². The van der Waals surface area contributed by atoms with E-state index >= 15 is 0 Å². The van der Waals surface area contributed by atoms with Crippen molar-refractivity contribution in [2.75, 3.05) is 47.7 Å². The van der Waals surface area contributed by atoms with E-state index in [0.717, 1.165) is 25.1 Å². The number of hydrogen-bond acceptors (Lipinski definition) is 4. The standard InChI is InChI=1S/C24H31N3O3S/c1-18-7-6-8-22(20(18)3)25-12-14-26(15-13-25)24(28)21-10-9-19(2)23(17-21)27-11-4-5-16-31(27,29)30/h6-10,17H,4-5,11-16H2,1-3H3. The molecular formula is C24H31N3O3S. The van der Waals surface area contributed by atoms with E-state index in [2.05, 4.69) is 36.9 Å². The first kappa shape index (κ1) is 21.7. The van der Waals surface area contributed by atoms with Gasteiger partial charge in [-0.2, -0.15) is 0 Å². The normalized spacial score (nSPS) is 18.9. The molecule has 0 aliphatic carbocycles. The van der Waals surface area contributed by atoms with Crippen LogP contribution in [0.25, 0.3) is 0 Å². The van der Waals surface area contributed by atoms with Gasteiger partial charge in [-0.1, -0.05) is 18.2 Å². The topological polar surface area (TPSA) is 60.9 Å². The van der Waals surface area contributed by atoms with Crippen molar-refractivity contribution in [1.82, 2.24) is 4.90 Å². The number of hydrogen-bond donors (Lipinski definition) is 0. The van der Waals surface area contributed by atoms with E-state index in [-0.39, 0.29) is 11.7 Å². The molecule has 2 heterocycles. The maximum absolute atomic E-state index is 13.2. The van der Waals surface area contributed by atoms with E-state index in [4.69, 9.17) is 0 Å². The predicted octanol–water partition coefficient (Wildman–Crippen LogP) is 3.50. The van der Waals surface area contributed by atoms with E-state index in [1.165, 1.54) is 21.1 Å². The summed E-state index contributed by atoms with van der Waals surface area (Å²) in [5.41, 5.74) is 5.87. The van der Waals surface area contributed by atoms with E-state index in [1.807, 2.05) is 24.0 Å². The zero-order valence-electron chi connectivity index (χ0n) is 18.6. The Morgan fingerprint density at radius 1 is 0.839 bits per heavy atom. The second-order valence-electron chi connectivity index (χ2n) is 8.59. The second-order valence-corrected chi connectivity index (χ2v) is 10.6. The highest BCUT2D eigenvalue weighted by molar-refractivity contribution is 7.92. The number of anilines is 2. The van der Waals surface area contributed by atoms with Crippen molar-refractivity contribution in [3.63, 3.8) is 0 Å². The molecule has 166 valence electrons. The van der Waals surface area contributed by atoms with Gasteiger partial charge in [0, 0.05) is 44.0 Å². The Hall–Kier alpha value is -2.54. The maximum Gasteiger partial charge on any atom is 0.254 e. The third-order valence-corrected chi connectivity index (χ3v) is 8.41. The van der Waals surface area contributed by atoms with Crippen molar-refractivity contribution in [2.24, 2.45) is 0 Å². The Kier molecular flexibility index (Phi) is 5.97. The van der Waals surface area contributed by atoms with Crippen LogP contribution in [0, 0.1) is 20.8 Å². The minimum atomic E-state index is -3.31.